The summed E-state index contributed by atoms with van der Waals surface area (Å²) in [5, 5.41) is 0. The van der Waals surface area contributed by atoms with Gasteiger partial charge in [-0.25, -0.2) is 0 Å². The fourth-order valence-electron chi connectivity index (χ4n) is 0.487. The van der Waals surface area contributed by atoms with Crippen LogP contribution < -0.4 is 11.5 Å². The summed E-state index contributed by atoms with van der Waals surface area (Å²) in [6, 6.07) is 0. The average Bonchev–Trinajstić information content (AvgIpc) is 1.89. The molecule has 0 saturated carbocycles. The molecule has 0 bridgehead atoms. The van der Waals surface area contributed by atoms with Crippen molar-refractivity contribution in [1.29, 1.82) is 0 Å². The average molecular weight is 126 g/mol. The van der Waals surface area contributed by atoms with E-state index >= 15 is 0 Å². The van der Waals surface area contributed by atoms with Crippen LogP contribution in [-0.2, 0) is 0 Å². The number of rotatable bonds is 2. The van der Waals surface area contributed by atoms with E-state index in [0.29, 0.717) is 13.1 Å². The van der Waals surface area contributed by atoms with Crippen LogP contribution in [0.1, 0.15) is 13.8 Å². The summed E-state index contributed by atoms with van der Waals surface area (Å²) in [6.45, 7) is 4.82. The largest absolute Gasteiger partial charge is 0.329 e. The molecule has 4 N–H and O–H groups in total. The zero-order chi connectivity index (χ0) is 7.33. The van der Waals surface area contributed by atoms with Crippen molar-refractivity contribution >= 4 is 0 Å². The first-order valence-corrected chi connectivity index (χ1v) is 3.02. The minimum absolute atomic E-state index is 0.172. The first-order chi connectivity index (χ1) is 4.18. The van der Waals surface area contributed by atoms with Crippen LogP contribution in [0.4, 0.5) is 0 Å². The summed E-state index contributed by atoms with van der Waals surface area (Å²) in [7, 11) is 0. The Labute approximate surface area is 56.6 Å². The zero-order valence-corrected chi connectivity index (χ0v) is 6.07. The lowest BCUT2D eigenvalue weighted by Crippen LogP contribution is -2.33. The van der Waals surface area contributed by atoms with Crippen molar-refractivity contribution < 1.29 is 0 Å². The van der Waals surface area contributed by atoms with Crippen molar-refractivity contribution in [1.82, 2.24) is 0 Å². The normalized spacial score (nSPS) is 10.2. The SMILES string of the molecule is CC#CC(C)(CN)CN. The third-order valence-electron chi connectivity index (χ3n) is 1.33. The van der Waals surface area contributed by atoms with Crippen LogP contribution in [0.5, 0.6) is 0 Å². The van der Waals surface area contributed by atoms with E-state index in [-0.39, 0.29) is 5.41 Å². The quantitative estimate of drug-likeness (QED) is 0.509. The van der Waals surface area contributed by atoms with E-state index in [2.05, 4.69) is 11.8 Å². The van der Waals surface area contributed by atoms with Gasteiger partial charge in [-0.1, -0.05) is 5.92 Å². The molecular weight excluding hydrogens is 112 g/mol. The number of hydrogen-bond donors (Lipinski definition) is 2. The molecule has 0 aromatic heterocycles. The summed E-state index contributed by atoms with van der Waals surface area (Å²) in [5.41, 5.74) is 10.7. The molecule has 0 aliphatic rings. The first kappa shape index (κ1) is 8.48. The van der Waals surface area contributed by atoms with Gasteiger partial charge in [-0.3, -0.25) is 0 Å². The van der Waals surface area contributed by atoms with Gasteiger partial charge in [0.25, 0.3) is 0 Å². The molecule has 0 atom stereocenters. The molecule has 9 heavy (non-hydrogen) atoms. The maximum Gasteiger partial charge on any atom is 0.0530 e. The van der Waals surface area contributed by atoms with E-state index < -0.39 is 0 Å². The molecular formula is C7H14N2. The lowest BCUT2D eigenvalue weighted by molar-refractivity contribution is 0.475. The van der Waals surface area contributed by atoms with Gasteiger partial charge in [-0.2, -0.15) is 0 Å². The van der Waals surface area contributed by atoms with Gasteiger partial charge in [-0.05, 0) is 13.8 Å². The fraction of sp³-hybridized carbons (Fsp3) is 0.714. The summed E-state index contributed by atoms with van der Waals surface area (Å²) < 4.78 is 0. The second kappa shape index (κ2) is 3.49. The smallest absolute Gasteiger partial charge is 0.0530 e. The molecule has 0 aromatic rings. The van der Waals surface area contributed by atoms with Gasteiger partial charge >= 0.3 is 0 Å². The van der Waals surface area contributed by atoms with E-state index in [1.54, 1.807) is 6.92 Å². The summed E-state index contributed by atoms with van der Waals surface area (Å²) >= 11 is 0. The van der Waals surface area contributed by atoms with Crippen LogP contribution in [0.2, 0.25) is 0 Å². The maximum absolute atomic E-state index is 5.42. The fourth-order valence-corrected chi connectivity index (χ4v) is 0.487. The maximum atomic E-state index is 5.42. The predicted octanol–water partition coefficient (Wildman–Crippen LogP) is -0.0666. The molecule has 2 nitrogen and oxygen atoms in total. The van der Waals surface area contributed by atoms with Gasteiger partial charge < -0.3 is 11.5 Å². The molecule has 0 heterocycles. The molecule has 0 unspecified atom stereocenters. The third kappa shape index (κ3) is 2.50. The van der Waals surface area contributed by atoms with Gasteiger partial charge in [0.15, 0.2) is 0 Å². The van der Waals surface area contributed by atoms with Crippen LogP contribution >= 0.6 is 0 Å². The molecule has 0 amide bonds. The lowest BCUT2D eigenvalue weighted by Gasteiger charge is -2.17. The molecule has 2 heteroatoms. The van der Waals surface area contributed by atoms with Crippen LogP contribution in [0.25, 0.3) is 0 Å². The standard InChI is InChI=1S/C7H14N2/c1-3-4-7(2,5-8)6-9/h5-6,8-9H2,1-2H3. The number of nitrogens with two attached hydrogens (primary N) is 2. The van der Waals surface area contributed by atoms with E-state index in [1.165, 1.54) is 0 Å². The Morgan fingerprint density at radius 3 is 1.89 bits per heavy atom. The molecule has 0 saturated heterocycles. The lowest BCUT2D eigenvalue weighted by atomic mass is 9.92. The van der Waals surface area contributed by atoms with Crippen LogP contribution in [-0.4, -0.2) is 13.1 Å². The second-order valence-corrected chi connectivity index (χ2v) is 2.34. The molecule has 0 aliphatic heterocycles. The highest BCUT2D eigenvalue weighted by molar-refractivity contribution is 5.09. The molecule has 0 aliphatic carbocycles. The molecule has 0 spiro atoms. The monoisotopic (exact) mass is 126 g/mol. The molecule has 0 fully saturated rings. The Morgan fingerprint density at radius 1 is 1.33 bits per heavy atom. The van der Waals surface area contributed by atoms with Gasteiger partial charge in [0.1, 0.15) is 0 Å². The predicted molar refractivity (Wildman–Crippen MR) is 39.7 cm³/mol. The highest BCUT2D eigenvalue weighted by Gasteiger charge is 2.15. The third-order valence-corrected chi connectivity index (χ3v) is 1.33. The highest BCUT2D eigenvalue weighted by atomic mass is 14.7. The van der Waals surface area contributed by atoms with Crippen molar-refractivity contribution in [3.05, 3.63) is 0 Å². The number of hydrogen-bond acceptors (Lipinski definition) is 2. The molecule has 0 radical (unpaired) electrons. The second-order valence-electron chi connectivity index (χ2n) is 2.34. The van der Waals surface area contributed by atoms with Crippen molar-refractivity contribution in [2.75, 3.05) is 13.1 Å². The van der Waals surface area contributed by atoms with Gasteiger partial charge in [-0.15, -0.1) is 5.92 Å². The van der Waals surface area contributed by atoms with Crippen molar-refractivity contribution in [2.24, 2.45) is 16.9 Å². The van der Waals surface area contributed by atoms with Crippen molar-refractivity contribution in [3.63, 3.8) is 0 Å². The Balaban J connectivity index is 4.03. The van der Waals surface area contributed by atoms with E-state index in [4.69, 9.17) is 11.5 Å². The van der Waals surface area contributed by atoms with Gasteiger partial charge in [0.2, 0.25) is 0 Å². The summed E-state index contributed by atoms with van der Waals surface area (Å²) in [6.07, 6.45) is 0. The van der Waals surface area contributed by atoms with Crippen molar-refractivity contribution in [3.8, 4) is 11.8 Å². The summed E-state index contributed by atoms with van der Waals surface area (Å²) in [5.74, 6) is 5.76. The summed E-state index contributed by atoms with van der Waals surface area (Å²) in [4.78, 5) is 0. The van der Waals surface area contributed by atoms with Crippen LogP contribution in [0.3, 0.4) is 0 Å². The Morgan fingerprint density at radius 2 is 1.78 bits per heavy atom. The van der Waals surface area contributed by atoms with Crippen LogP contribution in [0.15, 0.2) is 0 Å². The van der Waals surface area contributed by atoms with E-state index in [0.717, 1.165) is 0 Å². The Hall–Kier alpha value is -0.520. The molecule has 52 valence electrons. The topological polar surface area (TPSA) is 52.0 Å². The van der Waals surface area contributed by atoms with Crippen LogP contribution in [0, 0.1) is 17.3 Å². The van der Waals surface area contributed by atoms with Crippen molar-refractivity contribution in [2.45, 2.75) is 13.8 Å². The van der Waals surface area contributed by atoms with Gasteiger partial charge in [0.05, 0.1) is 5.41 Å². The Kier molecular flexibility index (Phi) is 3.29. The minimum Gasteiger partial charge on any atom is -0.329 e. The Bertz CT molecular complexity index is 126. The molecule has 0 aromatic carbocycles. The zero-order valence-electron chi connectivity index (χ0n) is 6.07. The minimum atomic E-state index is -0.172. The van der Waals surface area contributed by atoms with Gasteiger partial charge in [0, 0.05) is 13.1 Å². The first-order valence-electron chi connectivity index (χ1n) is 3.02. The van der Waals surface area contributed by atoms with E-state index in [9.17, 15) is 0 Å². The highest BCUT2D eigenvalue weighted by Crippen LogP contribution is 2.08. The van der Waals surface area contributed by atoms with E-state index in [1.807, 2.05) is 6.92 Å². The molecule has 0 rings (SSSR count).